The molecule has 7 heteroatoms. The van der Waals surface area contributed by atoms with Crippen molar-refractivity contribution in [2.45, 2.75) is 26.2 Å². The first-order valence-electron chi connectivity index (χ1n) is 7.43. The lowest BCUT2D eigenvalue weighted by atomic mass is 9.94. The van der Waals surface area contributed by atoms with Gasteiger partial charge in [-0.1, -0.05) is 32.1 Å². The highest BCUT2D eigenvalue weighted by Crippen LogP contribution is 2.25. The zero-order valence-corrected chi connectivity index (χ0v) is 14.5. The van der Waals surface area contributed by atoms with E-state index in [-0.39, 0.29) is 5.41 Å². The van der Waals surface area contributed by atoms with Gasteiger partial charge >= 0.3 is 0 Å². The largest absolute Gasteiger partial charge is 0.441 e. The Labute approximate surface area is 143 Å². The molecule has 3 aromatic rings. The Kier molecular flexibility index (Phi) is 4.35. The van der Waals surface area contributed by atoms with Crippen LogP contribution in [0.25, 0.3) is 12.2 Å². The summed E-state index contributed by atoms with van der Waals surface area (Å²) in [6.45, 7) is 6.25. The molecule has 0 aliphatic carbocycles. The maximum atomic E-state index is 9.20. The van der Waals surface area contributed by atoms with Gasteiger partial charge in [0.25, 0.3) is 0 Å². The Morgan fingerprint density at radius 3 is 2.58 bits per heavy atom. The summed E-state index contributed by atoms with van der Waals surface area (Å²) in [5, 5.41) is 10.6. The smallest absolute Gasteiger partial charge is 0.218 e. The van der Waals surface area contributed by atoms with Gasteiger partial charge in [-0.2, -0.15) is 0 Å². The minimum absolute atomic E-state index is 0.0575. The predicted octanol–water partition coefficient (Wildman–Crippen LogP) is 3.87. The van der Waals surface area contributed by atoms with E-state index >= 15 is 0 Å². The van der Waals surface area contributed by atoms with Crippen LogP contribution in [0.1, 0.15) is 37.3 Å². The van der Waals surface area contributed by atoms with Gasteiger partial charge in [-0.25, -0.2) is 19.7 Å². The third kappa shape index (κ3) is 3.99. The van der Waals surface area contributed by atoms with Gasteiger partial charge in [0.15, 0.2) is 0 Å². The molecule has 3 rings (SSSR count). The Bertz CT molecular complexity index is 908. The van der Waals surface area contributed by atoms with Crippen molar-refractivity contribution < 1.29 is 9.62 Å². The van der Waals surface area contributed by atoms with E-state index in [1.165, 1.54) is 23.7 Å². The second kappa shape index (κ2) is 6.45. The van der Waals surface area contributed by atoms with Crippen LogP contribution in [0, 0.1) is 0 Å². The van der Waals surface area contributed by atoms with Gasteiger partial charge in [-0.3, -0.25) is 0 Å². The highest BCUT2D eigenvalue weighted by atomic mass is 32.1. The third-order valence-electron chi connectivity index (χ3n) is 3.19. The number of hydrogen-bond acceptors (Lipinski definition) is 6. The van der Waals surface area contributed by atoms with Gasteiger partial charge in [0.1, 0.15) is 5.76 Å². The van der Waals surface area contributed by atoms with Crippen molar-refractivity contribution in [3.05, 3.63) is 58.8 Å². The van der Waals surface area contributed by atoms with Crippen molar-refractivity contribution in [2.24, 2.45) is 4.99 Å². The fourth-order valence-corrected chi connectivity index (χ4v) is 2.57. The molecule has 0 aromatic carbocycles. The predicted molar refractivity (Wildman–Crippen MR) is 93.1 cm³/mol. The topological polar surface area (TPSA) is 76.4 Å². The fourth-order valence-electron chi connectivity index (χ4n) is 1.87. The van der Waals surface area contributed by atoms with Gasteiger partial charge in [0.05, 0.1) is 11.6 Å². The number of oxazole rings is 1. The molecule has 0 saturated carbocycles. The minimum atomic E-state index is -0.0575. The first-order chi connectivity index (χ1) is 11.4. The molecule has 0 bridgehead atoms. The molecule has 124 valence electrons. The van der Waals surface area contributed by atoms with Crippen LogP contribution in [0.15, 0.2) is 46.3 Å². The maximum Gasteiger partial charge on any atom is 0.218 e. The summed E-state index contributed by atoms with van der Waals surface area (Å²) < 4.78 is 6.69. The van der Waals surface area contributed by atoms with E-state index in [1.54, 1.807) is 24.5 Å². The molecule has 0 aliphatic rings. The number of nitrogens with zero attached hydrogens (tertiary/aromatic N) is 4. The van der Waals surface area contributed by atoms with Crippen molar-refractivity contribution in [1.29, 1.82) is 0 Å². The molecule has 1 N–H and O–H groups in total. The second-order valence-corrected chi connectivity index (χ2v) is 7.28. The second-order valence-electron chi connectivity index (χ2n) is 6.24. The molecule has 24 heavy (non-hydrogen) atoms. The molecule has 0 fully saturated rings. The van der Waals surface area contributed by atoms with Crippen LogP contribution in [0.4, 0.5) is 5.13 Å². The van der Waals surface area contributed by atoms with Crippen LogP contribution < -0.4 is 5.36 Å². The number of thiazole rings is 1. The van der Waals surface area contributed by atoms with E-state index in [0.717, 1.165) is 20.7 Å². The van der Waals surface area contributed by atoms with Gasteiger partial charge in [0, 0.05) is 35.0 Å². The van der Waals surface area contributed by atoms with E-state index in [2.05, 4.69) is 35.7 Å². The molecule has 0 unspecified atom stereocenters. The molecule has 0 amide bonds. The summed E-state index contributed by atoms with van der Waals surface area (Å²) in [5.41, 5.74) is -0.0575. The zero-order valence-electron chi connectivity index (χ0n) is 13.7. The SMILES string of the molecule is CC(C)(C)c1cnc(C=Cc2cnc(N=c3ccn(O)cc3)s2)o1. The summed E-state index contributed by atoms with van der Waals surface area (Å²) in [6.07, 6.45) is 10.3. The highest BCUT2D eigenvalue weighted by Gasteiger charge is 2.18. The lowest BCUT2D eigenvalue weighted by Crippen LogP contribution is -2.09. The number of hydrogen-bond donors (Lipinski definition) is 1. The van der Waals surface area contributed by atoms with Crippen molar-refractivity contribution in [1.82, 2.24) is 14.7 Å². The van der Waals surface area contributed by atoms with Crippen molar-refractivity contribution in [2.75, 3.05) is 0 Å². The van der Waals surface area contributed by atoms with Crippen molar-refractivity contribution >= 4 is 28.6 Å². The van der Waals surface area contributed by atoms with Gasteiger partial charge < -0.3 is 9.62 Å². The molecule has 0 atom stereocenters. The quantitative estimate of drug-likeness (QED) is 0.733. The van der Waals surface area contributed by atoms with Crippen LogP contribution >= 0.6 is 11.3 Å². The Morgan fingerprint density at radius 2 is 1.92 bits per heavy atom. The molecule has 0 aliphatic heterocycles. The van der Waals surface area contributed by atoms with E-state index in [1.807, 2.05) is 12.2 Å². The van der Waals surface area contributed by atoms with Crippen LogP contribution in [0.5, 0.6) is 0 Å². The molecular formula is C17H18N4O2S. The highest BCUT2D eigenvalue weighted by molar-refractivity contribution is 7.16. The summed E-state index contributed by atoms with van der Waals surface area (Å²) in [6, 6.07) is 3.41. The van der Waals surface area contributed by atoms with Gasteiger partial charge in [-0.15, -0.1) is 0 Å². The number of rotatable bonds is 3. The van der Waals surface area contributed by atoms with E-state index in [0.29, 0.717) is 11.0 Å². The van der Waals surface area contributed by atoms with Crippen molar-refractivity contribution in [3.8, 4) is 0 Å². The molecule has 0 radical (unpaired) electrons. The van der Waals surface area contributed by atoms with Crippen LogP contribution in [0.2, 0.25) is 0 Å². The lowest BCUT2D eigenvalue weighted by Gasteiger charge is -2.12. The van der Waals surface area contributed by atoms with E-state index in [9.17, 15) is 5.21 Å². The van der Waals surface area contributed by atoms with Crippen LogP contribution in [-0.4, -0.2) is 19.9 Å². The standard InChI is InChI=1S/C17H18N4O2S/c1-17(2,3)14-11-18-15(23-14)5-4-13-10-19-16(24-13)20-12-6-8-21(22)9-7-12/h4-11,22H,1-3H3. The van der Waals surface area contributed by atoms with Crippen LogP contribution in [-0.2, 0) is 5.41 Å². The average Bonchev–Trinajstić information content (AvgIpc) is 3.16. The Morgan fingerprint density at radius 1 is 1.17 bits per heavy atom. The van der Waals surface area contributed by atoms with E-state index in [4.69, 9.17) is 4.42 Å². The molecule has 6 nitrogen and oxygen atoms in total. The van der Waals surface area contributed by atoms with Gasteiger partial charge in [0.2, 0.25) is 11.0 Å². The lowest BCUT2D eigenvalue weighted by molar-refractivity contribution is 0.184. The minimum Gasteiger partial charge on any atom is -0.441 e. The average molecular weight is 342 g/mol. The molecule has 0 spiro atoms. The third-order valence-corrected chi connectivity index (χ3v) is 4.04. The summed E-state index contributed by atoms with van der Waals surface area (Å²) in [5.74, 6) is 1.43. The fraction of sp³-hybridized carbons (Fsp3) is 0.235. The first kappa shape index (κ1) is 16.2. The molecule has 0 saturated heterocycles. The molecular weight excluding hydrogens is 324 g/mol. The Balaban J connectivity index is 1.75. The first-order valence-corrected chi connectivity index (χ1v) is 8.24. The maximum absolute atomic E-state index is 9.20. The summed E-state index contributed by atoms with van der Waals surface area (Å²) in [4.78, 5) is 13.9. The summed E-state index contributed by atoms with van der Waals surface area (Å²) in [7, 11) is 0. The number of aromatic nitrogens is 3. The van der Waals surface area contributed by atoms with Gasteiger partial charge in [-0.05, 0) is 18.2 Å². The Hall–Kier alpha value is -2.67. The van der Waals surface area contributed by atoms with E-state index < -0.39 is 0 Å². The molecule has 3 heterocycles. The zero-order chi connectivity index (χ0) is 17.2. The normalized spacial score (nSPS) is 12.0. The number of pyridine rings is 1. The van der Waals surface area contributed by atoms with Crippen LogP contribution in [0.3, 0.4) is 0 Å². The monoisotopic (exact) mass is 342 g/mol. The molecule has 3 aromatic heterocycles. The van der Waals surface area contributed by atoms with Crippen molar-refractivity contribution in [3.63, 3.8) is 0 Å². The summed E-state index contributed by atoms with van der Waals surface area (Å²) >= 11 is 1.46.